The van der Waals surface area contributed by atoms with Gasteiger partial charge in [0.25, 0.3) is 0 Å². The van der Waals surface area contributed by atoms with Crippen LogP contribution in [0.1, 0.15) is 28.7 Å². The summed E-state index contributed by atoms with van der Waals surface area (Å²) < 4.78 is 15.5. The first-order valence-corrected chi connectivity index (χ1v) is 8.35. The van der Waals surface area contributed by atoms with Crippen LogP contribution in [0.5, 0.6) is 0 Å². The van der Waals surface area contributed by atoms with E-state index in [1.165, 1.54) is 16.6 Å². The lowest BCUT2D eigenvalue weighted by atomic mass is 10.1. The van der Waals surface area contributed by atoms with Crippen molar-refractivity contribution in [3.8, 4) is 0 Å². The predicted octanol–water partition coefficient (Wildman–Crippen LogP) is 4.17. The molecule has 0 amide bonds. The van der Waals surface area contributed by atoms with Gasteiger partial charge in [-0.3, -0.25) is 4.79 Å². The Balaban J connectivity index is 2.24. The lowest BCUT2D eigenvalue weighted by molar-refractivity contribution is 0.102. The van der Waals surface area contributed by atoms with Crippen LogP contribution in [-0.4, -0.2) is 34.0 Å². The molecule has 0 aliphatic carbocycles. The fourth-order valence-corrected chi connectivity index (χ4v) is 2.93. The molecule has 2 heterocycles. The average Bonchev–Trinajstić information content (AvgIpc) is 2.88. The van der Waals surface area contributed by atoms with Crippen LogP contribution >= 0.6 is 23.2 Å². The summed E-state index contributed by atoms with van der Waals surface area (Å²) in [5.41, 5.74) is 1.75. The van der Waals surface area contributed by atoms with Crippen LogP contribution < -0.4 is 4.90 Å². The lowest BCUT2D eigenvalue weighted by Gasteiger charge is -2.17. The zero-order valence-corrected chi connectivity index (χ0v) is 15.4. The van der Waals surface area contributed by atoms with E-state index in [0.29, 0.717) is 11.3 Å². The fraction of sp³-hybridized carbons (Fsp3) is 0.235. The number of nitrogens with zero attached hydrogens (tertiary/aromatic N) is 4. The number of carbonyl (C=O) groups excluding carboxylic acids is 1. The maximum Gasteiger partial charge on any atom is 0.216 e. The first kappa shape index (κ1) is 17.6. The monoisotopic (exact) mass is 380 g/mol. The summed E-state index contributed by atoms with van der Waals surface area (Å²) in [6.07, 6.45) is 0. The van der Waals surface area contributed by atoms with Crippen molar-refractivity contribution < 1.29 is 9.18 Å². The normalized spacial score (nSPS) is 11.1. The molecule has 8 heteroatoms. The summed E-state index contributed by atoms with van der Waals surface area (Å²) in [7, 11) is 1.88. The van der Waals surface area contributed by atoms with E-state index in [-0.39, 0.29) is 21.4 Å². The molecule has 130 valence electrons. The van der Waals surface area contributed by atoms with Gasteiger partial charge in [-0.1, -0.05) is 23.2 Å². The van der Waals surface area contributed by atoms with Gasteiger partial charge in [-0.2, -0.15) is 5.10 Å². The van der Waals surface area contributed by atoms with Gasteiger partial charge in [-0.05, 0) is 32.0 Å². The van der Waals surface area contributed by atoms with Crippen LogP contribution in [0.2, 0.25) is 10.2 Å². The number of carbonyl (C=O) groups is 1. The highest BCUT2D eigenvalue weighted by Crippen LogP contribution is 2.27. The van der Waals surface area contributed by atoms with Gasteiger partial charge in [0.05, 0.1) is 16.9 Å². The minimum atomic E-state index is -0.695. The minimum absolute atomic E-state index is 0.0959. The van der Waals surface area contributed by atoms with Crippen molar-refractivity contribution in [3.63, 3.8) is 0 Å². The number of aryl methyl sites for hydroxylation is 1. The second kappa shape index (κ2) is 6.61. The van der Waals surface area contributed by atoms with Crippen molar-refractivity contribution in [3.05, 3.63) is 57.2 Å². The van der Waals surface area contributed by atoms with E-state index < -0.39 is 11.6 Å². The van der Waals surface area contributed by atoms with Crippen molar-refractivity contribution in [1.82, 2.24) is 14.6 Å². The molecule has 3 rings (SSSR count). The Morgan fingerprint density at radius 1 is 1.32 bits per heavy atom. The minimum Gasteiger partial charge on any atom is -0.372 e. The molecule has 0 radical (unpaired) electrons. The molecule has 0 saturated carbocycles. The van der Waals surface area contributed by atoms with Crippen LogP contribution in [0, 0.1) is 12.7 Å². The number of rotatable bonds is 4. The topological polar surface area (TPSA) is 50.5 Å². The summed E-state index contributed by atoms with van der Waals surface area (Å²) in [4.78, 5) is 19.3. The lowest BCUT2D eigenvalue weighted by Crippen LogP contribution is -2.18. The first-order chi connectivity index (χ1) is 11.8. The number of hydrogen-bond donors (Lipinski definition) is 0. The quantitative estimate of drug-likeness (QED) is 0.637. The highest BCUT2D eigenvalue weighted by atomic mass is 35.5. The number of ketones is 1. The van der Waals surface area contributed by atoms with Gasteiger partial charge < -0.3 is 4.90 Å². The van der Waals surface area contributed by atoms with Crippen LogP contribution in [0.4, 0.5) is 10.1 Å². The van der Waals surface area contributed by atoms with E-state index >= 15 is 0 Å². The molecular weight excluding hydrogens is 366 g/mol. The molecular formula is C17H15Cl2FN4O. The smallest absolute Gasteiger partial charge is 0.216 e. The third-order valence-corrected chi connectivity index (χ3v) is 4.41. The largest absolute Gasteiger partial charge is 0.372 e. The highest BCUT2D eigenvalue weighted by Gasteiger charge is 2.24. The number of halogens is 3. The van der Waals surface area contributed by atoms with Crippen LogP contribution in [-0.2, 0) is 0 Å². The van der Waals surface area contributed by atoms with E-state index in [4.69, 9.17) is 23.2 Å². The number of aromatic nitrogens is 3. The van der Waals surface area contributed by atoms with E-state index in [0.717, 1.165) is 18.3 Å². The summed E-state index contributed by atoms with van der Waals surface area (Å²) in [5.74, 6) is -1.22. The van der Waals surface area contributed by atoms with Gasteiger partial charge in [-0.25, -0.2) is 13.9 Å². The Bertz CT molecular complexity index is 986. The highest BCUT2D eigenvalue weighted by molar-refractivity contribution is 6.30. The zero-order chi connectivity index (χ0) is 18.3. The Hall–Kier alpha value is -2.18. The first-order valence-electron chi connectivity index (χ1n) is 7.60. The summed E-state index contributed by atoms with van der Waals surface area (Å²) in [5, 5.41) is 4.62. The van der Waals surface area contributed by atoms with Crippen molar-refractivity contribution in [2.75, 3.05) is 18.5 Å². The van der Waals surface area contributed by atoms with E-state index in [1.807, 2.05) is 18.9 Å². The molecule has 3 aromatic rings. The zero-order valence-electron chi connectivity index (χ0n) is 13.8. The molecule has 25 heavy (non-hydrogen) atoms. The molecule has 1 aromatic carbocycles. The molecule has 0 bridgehead atoms. The van der Waals surface area contributed by atoms with Crippen molar-refractivity contribution in [1.29, 1.82) is 0 Å². The van der Waals surface area contributed by atoms with E-state index in [2.05, 4.69) is 10.1 Å². The van der Waals surface area contributed by atoms with Gasteiger partial charge in [0.1, 0.15) is 11.5 Å². The van der Waals surface area contributed by atoms with Gasteiger partial charge in [0.2, 0.25) is 5.78 Å². The van der Waals surface area contributed by atoms with Gasteiger partial charge in [-0.15, -0.1) is 0 Å². The molecule has 0 aliphatic heterocycles. The van der Waals surface area contributed by atoms with Gasteiger partial charge >= 0.3 is 0 Å². The molecule has 0 saturated heterocycles. The summed E-state index contributed by atoms with van der Waals surface area (Å²) in [6.45, 7) is 4.38. The van der Waals surface area contributed by atoms with Crippen LogP contribution in [0.15, 0.2) is 24.3 Å². The maximum atomic E-state index is 14.2. The summed E-state index contributed by atoms with van der Waals surface area (Å²) in [6, 6.07) is 5.60. The Labute approximate surface area is 154 Å². The molecule has 0 spiro atoms. The molecule has 2 aromatic heterocycles. The summed E-state index contributed by atoms with van der Waals surface area (Å²) >= 11 is 11.9. The standard InChI is InChI=1S/C17H15Cl2FN4O/c1-4-23(3)13-8-14(19)22-24-15(9(2)21-17(13)24)16(25)11-6-5-10(18)7-12(11)20/h5-8H,4H2,1-3H3. The van der Waals surface area contributed by atoms with Crippen LogP contribution in [0.3, 0.4) is 0 Å². The number of anilines is 1. The van der Waals surface area contributed by atoms with Gasteiger partial charge in [0.15, 0.2) is 10.8 Å². The van der Waals surface area contributed by atoms with Crippen LogP contribution in [0.25, 0.3) is 5.65 Å². The molecule has 5 nitrogen and oxygen atoms in total. The second-order valence-corrected chi connectivity index (χ2v) is 6.42. The van der Waals surface area contributed by atoms with Crippen molar-refractivity contribution in [2.24, 2.45) is 0 Å². The third-order valence-electron chi connectivity index (χ3n) is 3.99. The Morgan fingerprint density at radius 3 is 2.68 bits per heavy atom. The predicted molar refractivity (Wildman–Crippen MR) is 96.5 cm³/mol. The second-order valence-electron chi connectivity index (χ2n) is 5.60. The SMILES string of the molecule is CCN(C)c1cc(Cl)nn2c(C(=O)c3ccc(Cl)cc3F)c(C)nc12. The number of fused-ring (bicyclic) bond motifs is 1. The maximum absolute atomic E-state index is 14.2. The van der Waals surface area contributed by atoms with E-state index in [1.54, 1.807) is 13.0 Å². The number of benzene rings is 1. The molecule has 0 N–H and O–H groups in total. The van der Waals surface area contributed by atoms with Gasteiger partial charge in [0, 0.05) is 24.7 Å². The third kappa shape index (κ3) is 3.07. The average molecular weight is 381 g/mol. The molecule has 0 fully saturated rings. The Kier molecular flexibility index (Phi) is 4.67. The van der Waals surface area contributed by atoms with E-state index in [9.17, 15) is 9.18 Å². The fourth-order valence-electron chi connectivity index (χ4n) is 2.60. The Morgan fingerprint density at radius 2 is 2.04 bits per heavy atom. The number of hydrogen-bond acceptors (Lipinski definition) is 4. The molecule has 0 atom stereocenters. The van der Waals surface area contributed by atoms with Crippen molar-refractivity contribution in [2.45, 2.75) is 13.8 Å². The van der Waals surface area contributed by atoms with Crippen molar-refractivity contribution >= 4 is 40.3 Å². The number of imidazole rings is 1. The molecule has 0 aliphatic rings. The molecule has 0 unspecified atom stereocenters.